The van der Waals surface area contributed by atoms with Crippen LogP contribution in [0.5, 0.6) is 5.75 Å². The number of hydrogen-bond acceptors (Lipinski definition) is 4. The number of nitrogens with zero attached hydrogens (tertiary/aromatic N) is 2. The fourth-order valence-electron chi connectivity index (χ4n) is 3.31. The van der Waals surface area contributed by atoms with Crippen LogP contribution in [0.4, 0.5) is 0 Å². The van der Waals surface area contributed by atoms with Crippen LogP contribution in [0.3, 0.4) is 0 Å². The minimum absolute atomic E-state index is 0. The molecule has 128 valence electrons. The molecule has 1 unspecified atom stereocenters. The van der Waals surface area contributed by atoms with E-state index in [-0.39, 0.29) is 18.3 Å². The molecule has 0 bridgehead atoms. The number of benzene rings is 1. The van der Waals surface area contributed by atoms with Gasteiger partial charge in [-0.15, -0.1) is 12.4 Å². The molecule has 2 aliphatic heterocycles. The number of amides is 1. The molecular formula is C17H26ClN3O2. The first-order valence-electron chi connectivity index (χ1n) is 8.25. The van der Waals surface area contributed by atoms with E-state index in [2.05, 4.69) is 10.2 Å². The van der Waals surface area contributed by atoms with Gasteiger partial charge in [0.25, 0.3) is 5.91 Å². The first-order valence-corrected chi connectivity index (χ1v) is 8.25. The zero-order valence-corrected chi connectivity index (χ0v) is 14.5. The third-order valence-electron chi connectivity index (χ3n) is 4.53. The van der Waals surface area contributed by atoms with Crippen molar-refractivity contribution in [2.45, 2.75) is 19.4 Å². The molecule has 1 aromatic carbocycles. The van der Waals surface area contributed by atoms with Gasteiger partial charge in [0.15, 0.2) is 0 Å². The average molecular weight is 340 g/mol. The lowest BCUT2D eigenvalue weighted by Gasteiger charge is -2.32. The van der Waals surface area contributed by atoms with Crippen LogP contribution in [-0.4, -0.2) is 67.6 Å². The molecule has 2 heterocycles. The van der Waals surface area contributed by atoms with Gasteiger partial charge in [0.05, 0.1) is 6.61 Å². The summed E-state index contributed by atoms with van der Waals surface area (Å²) in [5.41, 5.74) is 0.754. The van der Waals surface area contributed by atoms with Crippen molar-refractivity contribution >= 4 is 18.3 Å². The lowest BCUT2D eigenvalue weighted by atomic mass is 10.2. The molecule has 3 rings (SSSR count). The largest absolute Gasteiger partial charge is 0.494 e. The van der Waals surface area contributed by atoms with Crippen molar-refractivity contribution in [3.05, 3.63) is 29.8 Å². The predicted molar refractivity (Wildman–Crippen MR) is 93.6 cm³/mol. The van der Waals surface area contributed by atoms with E-state index in [0.717, 1.165) is 57.0 Å². The van der Waals surface area contributed by atoms with Crippen molar-refractivity contribution in [3.63, 3.8) is 0 Å². The Morgan fingerprint density at radius 2 is 1.91 bits per heavy atom. The Morgan fingerprint density at radius 1 is 1.22 bits per heavy atom. The number of halogens is 1. The third kappa shape index (κ3) is 4.37. The summed E-state index contributed by atoms with van der Waals surface area (Å²) in [5, 5.41) is 3.38. The molecule has 0 radical (unpaired) electrons. The summed E-state index contributed by atoms with van der Waals surface area (Å²) in [5.74, 6) is 0.958. The lowest BCUT2D eigenvalue weighted by molar-refractivity contribution is 0.0773. The minimum atomic E-state index is 0. The molecule has 0 spiro atoms. The molecule has 0 saturated carbocycles. The minimum Gasteiger partial charge on any atom is -0.494 e. The second kappa shape index (κ2) is 8.52. The second-order valence-corrected chi connectivity index (χ2v) is 5.94. The van der Waals surface area contributed by atoms with Gasteiger partial charge in [0, 0.05) is 50.9 Å². The molecule has 0 aromatic heterocycles. The van der Waals surface area contributed by atoms with Gasteiger partial charge < -0.3 is 15.0 Å². The Morgan fingerprint density at radius 3 is 2.57 bits per heavy atom. The van der Waals surface area contributed by atoms with Crippen LogP contribution in [0, 0.1) is 0 Å². The Kier molecular flexibility index (Phi) is 6.69. The van der Waals surface area contributed by atoms with Crippen molar-refractivity contribution in [2.24, 2.45) is 0 Å². The topological polar surface area (TPSA) is 44.8 Å². The molecular weight excluding hydrogens is 314 g/mol. The summed E-state index contributed by atoms with van der Waals surface area (Å²) in [7, 11) is 0. The van der Waals surface area contributed by atoms with E-state index >= 15 is 0 Å². The summed E-state index contributed by atoms with van der Waals surface area (Å²) in [6.45, 7) is 8.62. The van der Waals surface area contributed by atoms with E-state index in [1.165, 1.54) is 0 Å². The maximum Gasteiger partial charge on any atom is 0.253 e. The molecule has 1 amide bonds. The van der Waals surface area contributed by atoms with E-state index in [1.807, 2.05) is 36.1 Å². The van der Waals surface area contributed by atoms with E-state index < -0.39 is 0 Å². The molecule has 5 nitrogen and oxygen atoms in total. The number of nitrogens with one attached hydrogen (secondary N) is 1. The van der Waals surface area contributed by atoms with Gasteiger partial charge in [-0.05, 0) is 37.6 Å². The van der Waals surface area contributed by atoms with Gasteiger partial charge in [-0.3, -0.25) is 9.69 Å². The molecule has 0 aliphatic carbocycles. The molecule has 1 N–H and O–H groups in total. The maximum atomic E-state index is 12.6. The van der Waals surface area contributed by atoms with Crippen molar-refractivity contribution in [1.29, 1.82) is 0 Å². The van der Waals surface area contributed by atoms with Crippen molar-refractivity contribution in [3.8, 4) is 5.75 Å². The van der Waals surface area contributed by atoms with Gasteiger partial charge in [-0.25, -0.2) is 0 Å². The smallest absolute Gasteiger partial charge is 0.253 e. The summed E-state index contributed by atoms with van der Waals surface area (Å²) in [6, 6.07) is 8.01. The Balaban J connectivity index is 0.00000192. The Hall–Kier alpha value is -1.30. The average Bonchev–Trinajstić information content (AvgIpc) is 3.06. The molecule has 1 aromatic rings. The van der Waals surface area contributed by atoms with Gasteiger partial charge in [-0.1, -0.05) is 0 Å². The van der Waals surface area contributed by atoms with E-state index in [0.29, 0.717) is 12.6 Å². The number of hydrogen-bond donors (Lipinski definition) is 1. The van der Waals surface area contributed by atoms with Crippen LogP contribution < -0.4 is 10.1 Å². The molecule has 23 heavy (non-hydrogen) atoms. The van der Waals surface area contributed by atoms with Crippen LogP contribution in [0.1, 0.15) is 23.7 Å². The monoisotopic (exact) mass is 339 g/mol. The maximum absolute atomic E-state index is 12.6. The molecule has 6 heteroatoms. The first-order chi connectivity index (χ1) is 10.8. The summed E-state index contributed by atoms with van der Waals surface area (Å²) in [6.07, 6.45) is 1.09. The van der Waals surface area contributed by atoms with Gasteiger partial charge in [-0.2, -0.15) is 0 Å². The number of carbonyl (C=O) groups is 1. The van der Waals surface area contributed by atoms with Crippen LogP contribution in [0.25, 0.3) is 0 Å². The number of ether oxygens (including phenoxy) is 1. The number of likely N-dealkylation sites (tertiary alicyclic amines) is 1. The quantitative estimate of drug-likeness (QED) is 0.905. The fourth-order valence-corrected chi connectivity index (χ4v) is 3.31. The van der Waals surface area contributed by atoms with Gasteiger partial charge in [0.1, 0.15) is 5.75 Å². The van der Waals surface area contributed by atoms with Gasteiger partial charge >= 0.3 is 0 Å². The van der Waals surface area contributed by atoms with E-state index in [4.69, 9.17) is 4.74 Å². The summed E-state index contributed by atoms with van der Waals surface area (Å²) >= 11 is 0. The summed E-state index contributed by atoms with van der Waals surface area (Å²) in [4.78, 5) is 17.1. The molecule has 2 saturated heterocycles. The lowest BCUT2D eigenvalue weighted by Crippen LogP contribution is -2.49. The number of piperazine rings is 1. The highest BCUT2D eigenvalue weighted by atomic mass is 35.5. The van der Waals surface area contributed by atoms with Crippen LogP contribution in [0.15, 0.2) is 24.3 Å². The Labute approximate surface area is 144 Å². The first kappa shape index (κ1) is 18.0. The standard InChI is InChI=1S/C17H25N3O2.ClH/c1-2-22-16-5-3-14(4-6-16)17(21)20-10-7-15(13-20)19-11-8-18-9-12-19;/h3-6,15,18H,2,7-13H2,1H3;1H. The van der Waals surface area contributed by atoms with Crippen molar-refractivity contribution in [1.82, 2.24) is 15.1 Å². The molecule has 1 atom stereocenters. The van der Waals surface area contributed by atoms with Crippen molar-refractivity contribution < 1.29 is 9.53 Å². The predicted octanol–water partition coefficient (Wildman–Crippen LogP) is 1.63. The SMILES string of the molecule is CCOc1ccc(C(=O)N2CCC(N3CCNCC3)C2)cc1.Cl. The second-order valence-electron chi connectivity index (χ2n) is 5.94. The molecule has 2 fully saturated rings. The van der Waals surface area contributed by atoms with Crippen LogP contribution >= 0.6 is 12.4 Å². The normalized spacial score (nSPS) is 21.8. The van der Waals surface area contributed by atoms with Crippen LogP contribution in [-0.2, 0) is 0 Å². The third-order valence-corrected chi connectivity index (χ3v) is 4.53. The highest BCUT2D eigenvalue weighted by Gasteiger charge is 2.31. The van der Waals surface area contributed by atoms with Crippen molar-refractivity contribution in [2.75, 3.05) is 45.9 Å². The van der Waals surface area contributed by atoms with E-state index in [9.17, 15) is 4.79 Å². The highest BCUT2D eigenvalue weighted by Crippen LogP contribution is 2.20. The Bertz CT molecular complexity index is 503. The zero-order valence-electron chi connectivity index (χ0n) is 13.7. The number of carbonyl (C=O) groups excluding carboxylic acids is 1. The highest BCUT2D eigenvalue weighted by molar-refractivity contribution is 5.94. The van der Waals surface area contributed by atoms with Crippen LogP contribution in [0.2, 0.25) is 0 Å². The molecule has 2 aliphatic rings. The number of rotatable bonds is 4. The fraction of sp³-hybridized carbons (Fsp3) is 0.588. The zero-order chi connectivity index (χ0) is 15.4. The van der Waals surface area contributed by atoms with E-state index in [1.54, 1.807) is 0 Å². The summed E-state index contributed by atoms with van der Waals surface area (Å²) < 4.78 is 5.42. The van der Waals surface area contributed by atoms with Gasteiger partial charge in [0.2, 0.25) is 0 Å².